The molecule has 0 amide bonds. The van der Waals surface area contributed by atoms with Crippen molar-refractivity contribution >= 4 is 29.9 Å². The number of alkyl halides is 2. The van der Waals surface area contributed by atoms with Crippen molar-refractivity contribution in [2.75, 3.05) is 79.2 Å². The SMILES string of the molecule is C[I-]S(C)(C)OS(C)(O[I-]S(C)(CCCOCCO)O[I-]S(C)(C)C)[I-]C. The number of aliphatic hydroxyl groups is 1. The van der Waals surface area contributed by atoms with Crippen LogP contribution in [0.5, 0.6) is 0 Å². The monoisotopic (exact) mass is 922 g/mol. The van der Waals surface area contributed by atoms with Crippen molar-refractivity contribution in [1.29, 1.82) is 0 Å². The molecule has 0 bridgehead atoms. The number of aliphatic hydroxyl groups excluding tert-OH is 1. The van der Waals surface area contributed by atoms with E-state index in [-0.39, 0.29) is 66.5 Å². The Balaban J connectivity index is 4.92. The molecule has 5 nitrogen and oxygen atoms in total. The fourth-order valence-electron chi connectivity index (χ4n) is 1.26. The summed E-state index contributed by atoms with van der Waals surface area (Å²) in [6, 6.07) is 0. The quantitative estimate of drug-likeness (QED) is 0.0950. The van der Waals surface area contributed by atoms with Crippen molar-refractivity contribution in [3.8, 4) is 0 Å². The van der Waals surface area contributed by atoms with E-state index in [1.807, 2.05) is 0 Å². The Morgan fingerprint density at radius 1 is 0.815 bits per heavy atom. The second-order valence-corrected chi connectivity index (χ2v) is 51.5. The van der Waals surface area contributed by atoms with E-state index in [1.165, 1.54) is 0 Å². The van der Waals surface area contributed by atoms with Crippen LogP contribution in [0, 0.1) is 0 Å². The summed E-state index contributed by atoms with van der Waals surface area (Å²) in [6.07, 6.45) is 17.1. The van der Waals surface area contributed by atoms with Crippen LogP contribution in [-0.4, -0.2) is 84.3 Å². The summed E-state index contributed by atoms with van der Waals surface area (Å²) >= 11 is -0.757. The van der Waals surface area contributed by atoms with Gasteiger partial charge >= 0.3 is 214 Å². The van der Waals surface area contributed by atoms with Crippen molar-refractivity contribution in [2.45, 2.75) is 6.42 Å². The summed E-state index contributed by atoms with van der Waals surface area (Å²) in [6.45, 7) is 1.20. The molecule has 0 aromatic heterocycles. The van der Waals surface area contributed by atoms with E-state index in [0.29, 0.717) is 13.2 Å². The van der Waals surface area contributed by atoms with Crippen LogP contribution in [-0.2, 0) is 13.4 Å². The minimum atomic E-state index is -1.35. The summed E-state index contributed by atoms with van der Waals surface area (Å²) in [4.78, 5) is 4.61. The third-order valence-electron chi connectivity index (χ3n) is 2.59. The van der Waals surface area contributed by atoms with Crippen molar-refractivity contribution in [1.82, 2.24) is 0 Å². The molecule has 0 aromatic carbocycles. The molecular weight excluding hydrogens is 884 g/mol. The zero-order valence-electron chi connectivity index (χ0n) is 17.8. The van der Waals surface area contributed by atoms with Gasteiger partial charge in [-0.3, -0.25) is 0 Å². The molecule has 13 heteroatoms. The van der Waals surface area contributed by atoms with Crippen molar-refractivity contribution in [3.05, 3.63) is 0 Å². The van der Waals surface area contributed by atoms with Crippen LogP contribution in [0.3, 0.4) is 0 Å². The summed E-state index contributed by atoms with van der Waals surface area (Å²) in [5.41, 5.74) is 0. The summed E-state index contributed by atoms with van der Waals surface area (Å²) in [5.74, 6) is 1.04. The van der Waals surface area contributed by atoms with E-state index in [4.69, 9.17) is 18.5 Å². The van der Waals surface area contributed by atoms with E-state index in [0.717, 1.165) is 12.2 Å². The van der Waals surface area contributed by atoms with Crippen molar-refractivity contribution < 1.29 is 98.6 Å². The van der Waals surface area contributed by atoms with Gasteiger partial charge in [-0.25, -0.2) is 0 Å². The van der Waals surface area contributed by atoms with Crippen LogP contribution in [0.1, 0.15) is 6.42 Å². The molecule has 1 N–H and O–H groups in total. The Morgan fingerprint density at radius 3 is 1.93 bits per heavy atom. The number of hydrogen-bond donors (Lipinski definition) is 1. The summed E-state index contributed by atoms with van der Waals surface area (Å²) in [7, 11) is -4.04. The van der Waals surface area contributed by atoms with Gasteiger partial charge in [-0.05, 0) is 0 Å². The fraction of sp³-hybridized carbons (Fsp3) is 1.00. The van der Waals surface area contributed by atoms with Crippen LogP contribution >= 0.6 is 29.9 Å². The molecular formula is C14H38I4O5S4-4. The first-order valence-corrected chi connectivity index (χ1v) is 33.4. The molecule has 2 atom stereocenters. The Morgan fingerprint density at radius 2 is 1.44 bits per heavy atom. The summed E-state index contributed by atoms with van der Waals surface area (Å²) < 4.78 is 25.3. The number of ether oxygens (including phenoxy) is 1. The molecule has 27 heavy (non-hydrogen) atoms. The molecule has 0 aliphatic rings. The predicted octanol–water partition coefficient (Wildman–Crippen LogP) is -8.17. The first kappa shape index (κ1) is 31.1. The molecule has 0 aliphatic heterocycles. The third kappa shape index (κ3) is 16.4. The molecule has 0 saturated carbocycles. The third-order valence-corrected chi connectivity index (χ3v) is 41.7. The molecule has 0 aliphatic carbocycles. The molecule has 2 unspecified atom stereocenters. The first-order valence-electron chi connectivity index (χ1n) is 7.89. The van der Waals surface area contributed by atoms with Crippen LogP contribution in [0.2, 0.25) is 0 Å². The van der Waals surface area contributed by atoms with Gasteiger partial charge in [-0.15, -0.1) is 0 Å². The molecule has 0 aromatic rings. The fourth-order valence-corrected chi connectivity index (χ4v) is 43.3. The first-order chi connectivity index (χ1) is 12.3. The van der Waals surface area contributed by atoms with Crippen LogP contribution in [0.25, 0.3) is 0 Å². The van der Waals surface area contributed by atoms with Gasteiger partial charge in [0, 0.05) is 0 Å². The standard InChI is InChI=1S/C14H38I4O5S4/c1-15-25(6,7)23-27(9,16-2)22-18-26(8,21-17-24(3,4)5)14-10-12-20-13-11-19/h19H,10-14H2,1-9H3/q-4. The zero-order valence-corrected chi connectivity index (χ0v) is 29.7. The van der Waals surface area contributed by atoms with Crippen LogP contribution in [0.4, 0.5) is 0 Å². The van der Waals surface area contributed by atoms with Gasteiger partial charge in [-0.1, -0.05) is 0 Å². The van der Waals surface area contributed by atoms with Crippen molar-refractivity contribution in [3.63, 3.8) is 0 Å². The van der Waals surface area contributed by atoms with E-state index in [1.54, 1.807) is 0 Å². The second kappa shape index (κ2) is 15.1. The van der Waals surface area contributed by atoms with Gasteiger partial charge in [0.15, 0.2) is 0 Å². The summed E-state index contributed by atoms with van der Waals surface area (Å²) in [5, 5.41) is 8.86. The van der Waals surface area contributed by atoms with Gasteiger partial charge in [0.2, 0.25) is 0 Å². The van der Waals surface area contributed by atoms with Gasteiger partial charge in [-0.2, -0.15) is 0 Å². The minimum absolute atomic E-state index is 0.0890. The predicted molar refractivity (Wildman–Crippen MR) is 114 cm³/mol. The second-order valence-electron chi connectivity index (χ2n) is 6.40. The van der Waals surface area contributed by atoms with Crippen LogP contribution in [0.15, 0.2) is 0 Å². The average Bonchev–Trinajstić information content (AvgIpc) is 2.57. The Labute approximate surface area is 210 Å². The average molecular weight is 922 g/mol. The molecule has 0 fully saturated rings. The Kier molecular flexibility index (Phi) is 17.4. The molecule has 0 spiro atoms. The zero-order chi connectivity index (χ0) is 21.2. The molecule has 180 valence electrons. The van der Waals surface area contributed by atoms with E-state index in [2.05, 4.69) is 53.7 Å². The maximum atomic E-state index is 8.86. The maximum absolute atomic E-state index is 8.86. The normalized spacial score (nSPS) is 21.7. The van der Waals surface area contributed by atoms with E-state index in [9.17, 15) is 0 Å². The number of rotatable bonds is 16. The van der Waals surface area contributed by atoms with Gasteiger partial charge in [0.25, 0.3) is 0 Å². The van der Waals surface area contributed by atoms with E-state index >= 15 is 0 Å². The molecule has 0 radical (unpaired) electrons. The topological polar surface area (TPSA) is 57.2 Å². The Hall–Kier alpha value is 4.12. The molecule has 0 heterocycles. The Bertz CT molecular complexity index is 419. The van der Waals surface area contributed by atoms with Gasteiger partial charge in [0.05, 0.1) is 0 Å². The molecule has 0 saturated heterocycles. The van der Waals surface area contributed by atoms with Gasteiger partial charge < -0.3 is 0 Å². The molecule has 0 rings (SSSR count). The van der Waals surface area contributed by atoms with E-state index < -0.39 is 50.2 Å². The van der Waals surface area contributed by atoms with Crippen molar-refractivity contribution in [2.24, 2.45) is 0 Å². The number of halogens is 4. The van der Waals surface area contributed by atoms with Crippen LogP contribution < -0.4 is 80.1 Å². The number of hydrogen-bond acceptors (Lipinski definition) is 5. The van der Waals surface area contributed by atoms with Gasteiger partial charge in [0.1, 0.15) is 0 Å².